The first-order valence-electron chi connectivity index (χ1n) is 23.7. The summed E-state index contributed by atoms with van der Waals surface area (Å²) in [6.45, 7) is 11.0. The predicted octanol–water partition coefficient (Wildman–Crippen LogP) is 12.6. The van der Waals surface area contributed by atoms with E-state index in [2.05, 4.69) is 30.6 Å². The molecule has 6 aromatic carbocycles. The predicted molar refractivity (Wildman–Crippen MR) is 288 cm³/mol. The molecule has 3 aliphatic heterocycles. The van der Waals surface area contributed by atoms with Crippen molar-refractivity contribution >= 4 is 75.7 Å². The molecule has 3 N–H and O–H groups in total. The van der Waals surface area contributed by atoms with Gasteiger partial charge in [-0.3, -0.25) is 14.9 Å². The van der Waals surface area contributed by atoms with Crippen molar-refractivity contribution in [2.45, 2.75) is 53.6 Å². The highest BCUT2D eigenvalue weighted by atomic mass is 32.1. The number of nitrogens with one attached hydrogen (secondary N) is 2. The van der Waals surface area contributed by atoms with Crippen LogP contribution in [0.4, 0.5) is 8.78 Å². The smallest absolute Gasteiger partial charge is 0.463 e. The minimum atomic E-state index is -4.25. The van der Waals surface area contributed by atoms with E-state index >= 15 is 0 Å². The van der Waals surface area contributed by atoms with Crippen molar-refractivity contribution in [1.29, 1.82) is 0 Å². The molecule has 2 aromatic heterocycles. The van der Waals surface area contributed by atoms with E-state index < -0.39 is 31.8 Å². The van der Waals surface area contributed by atoms with Crippen LogP contribution >= 0.6 is 30.5 Å². The molecule has 14 nitrogen and oxygen atoms in total. The Labute approximate surface area is 438 Å². The van der Waals surface area contributed by atoms with Crippen LogP contribution in [0.2, 0.25) is 0 Å². The number of thiazole rings is 2. The molecule has 382 valence electrons. The first kappa shape index (κ1) is 52.0. The standard InChI is InChI=1S/C20H13O4P.2C18H18FN3O2S/c21-25(22)23-17-11-9-13-5-1-3-7-15(13)19(17)20-16-8-4-2-6-14(16)10-12-18(20)24-25;2*1-4-24-18(23)14-11(3)21-16(17-20-8-9-25-17)22-15(14)12-6-5-7-13(19)10(12)2/h1-12H,(H,21,22);2*5-9,15H,4H2,1-3H3,(H,21,22)/t;15-;/m.0./s1. The number of amidine groups is 2. The van der Waals surface area contributed by atoms with Crippen molar-refractivity contribution in [3.63, 3.8) is 0 Å². The molecule has 75 heavy (non-hydrogen) atoms. The van der Waals surface area contributed by atoms with Gasteiger partial charge in [-0.25, -0.2) is 32.9 Å². The summed E-state index contributed by atoms with van der Waals surface area (Å²) in [5, 5.41) is 15.3. The normalized spacial score (nSPS) is 16.4. The highest BCUT2D eigenvalue weighted by molar-refractivity contribution is 7.48. The van der Waals surface area contributed by atoms with Crippen LogP contribution in [0.15, 0.2) is 165 Å². The van der Waals surface area contributed by atoms with Crippen LogP contribution in [-0.4, -0.2) is 51.7 Å². The van der Waals surface area contributed by atoms with Crippen LogP contribution in [-0.2, 0) is 23.6 Å². The lowest BCUT2D eigenvalue weighted by molar-refractivity contribution is -0.139. The van der Waals surface area contributed by atoms with Crippen LogP contribution in [0.1, 0.15) is 72.0 Å². The number of ether oxygens (including phenoxy) is 2. The molecule has 0 fully saturated rings. The Kier molecular flexibility index (Phi) is 15.5. The van der Waals surface area contributed by atoms with Gasteiger partial charge in [0.1, 0.15) is 35.2 Å². The Balaban J connectivity index is 0.000000138. The number of carbonyl (C=O) groups excluding carboxylic acids is 2. The van der Waals surface area contributed by atoms with E-state index in [0.29, 0.717) is 78.0 Å². The van der Waals surface area contributed by atoms with Crippen LogP contribution in [0.25, 0.3) is 32.7 Å². The van der Waals surface area contributed by atoms with Gasteiger partial charge in [-0.2, -0.15) is 0 Å². The molecule has 2 atom stereocenters. The molecule has 0 spiro atoms. The minimum Gasteiger partial charge on any atom is -0.463 e. The number of nitrogens with zero attached hydrogens (tertiary/aromatic N) is 4. The summed E-state index contributed by atoms with van der Waals surface area (Å²) in [6.07, 6.45) is 3.37. The number of esters is 2. The lowest BCUT2D eigenvalue weighted by Crippen LogP contribution is -2.33. The number of phosphoric acid groups is 1. The summed E-state index contributed by atoms with van der Waals surface area (Å²) in [7, 11) is -4.25. The van der Waals surface area contributed by atoms with Crippen molar-refractivity contribution in [1.82, 2.24) is 20.6 Å². The summed E-state index contributed by atoms with van der Waals surface area (Å²) >= 11 is 2.88. The Bertz CT molecular complexity index is 3440. The molecule has 0 amide bonds. The van der Waals surface area contributed by atoms with Crippen LogP contribution in [0.3, 0.4) is 0 Å². The highest BCUT2D eigenvalue weighted by Gasteiger charge is 2.36. The monoisotopic (exact) mass is 1070 g/mol. The van der Waals surface area contributed by atoms with E-state index in [1.54, 1.807) is 90.3 Å². The number of phosphoric ester groups is 1. The summed E-state index contributed by atoms with van der Waals surface area (Å²) < 4.78 is 61.6. The summed E-state index contributed by atoms with van der Waals surface area (Å²) in [5.74, 6) is 0.250. The summed E-state index contributed by atoms with van der Waals surface area (Å²) in [4.78, 5) is 52.9. The van der Waals surface area contributed by atoms with Crippen LogP contribution < -0.4 is 19.7 Å². The third kappa shape index (κ3) is 10.9. The van der Waals surface area contributed by atoms with Crippen LogP contribution in [0, 0.1) is 25.5 Å². The summed E-state index contributed by atoms with van der Waals surface area (Å²) in [5.41, 5.74) is 5.79. The molecular formula is C56H49F2N6O8PS2. The molecule has 0 aliphatic carbocycles. The van der Waals surface area contributed by atoms with Crippen molar-refractivity contribution in [2.24, 2.45) is 9.98 Å². The number of hydrogen-bond acceptors (Lipinski definition) is 15. The molecule has 0 saturated heterocycles. The molecule has 5 heterocycles. The van der Waals surface area contributed by atoms with Gasteiger partial charge in [0.05, 0.1) is 24.4 Å². The van der Waals surface area contributed by atoms with Gasteiger partial charge in [0.2, 0.25) is 0 Å². The molecular weight excluding hydrogens is 1020 g/mol. The number of aliphatic imine (C=N–C) groups is 2. The maximum absolute atomic E-state index is 14.1. The van der Waals surface area contributed by atoms with Gasteiger partial charge in [-0.15, -0.1) is 22.7 Å². The van der Waals surface area contributed by atoms with E-state index in [1.165, 1.54) is 34.8 Å². The highest BCUT2D eigenvalue weighted by Crippen LogP contribution is 2.56. The number of fused-ring (bicyclic) bond motifs is 7. The van der Waals surface area contributed by atoms with Gasteiger partial charge >= 0.3 is 19.8 Å². The molecule has 19 heteroatoms. The molecule has 3 aliphatic rings. The number of halogens is 2. The Hall–Kier alpha value is -7.89. The topological polar surface area (TPSA) is 183 Å². The fraction of sp³-hybridized carbons (Fsp3) is 0.179. The second-order valence-corrected chi connectivity index (χ2v) is 20.2. The van der Waals surface area contributed by atoms with E-state index in [-0.39, 0.29) is 24.8 Å². The first-order valence-corrected chi connectivity index (χ1v) is 26.9. The maximum Gasteiger partial charge on any atom is 0.584 e. The molecule has 0 radical (unpaired) electrons. The zero-order valence-corrected chi connectivity index (χ0v) is 43.9. The summed E-state index contributed by atoms with van der Waals surface area (Å²) in [6, 6.07) is 31.3. The van der Waals surface area contributed by atoms with Crippen LogP contribution in [0.5, 0.6) is 11.5 Å². The van der Waals surface area contributed by atoms with Gasteiger partial charge in [0.15, 0.2) is 21.7 Å². The zero-order valence-electron chi connectivity index (χ0n) is 41.4. The Morgan fingerprint density at radius 2 is 1.03 bits per heavy atom. The quantitative estimate of drug-likeness (QED) is 0.0968. The van der Waals surface area contributed by atoms with E-state index in [0.717, 1.165) is 32.7 Å². The number of aromatic nitrogens is 2. The number of allylic oxidation sites excluding steroid dienone is 2. The Morgan fingerprint density at radius 3 is 1.41 bits per heavy atom. The molecule has 0 bridgehead atoms. The van der Waals surface area contributed by atoms with E-state index in [1.807, 2.05) is 71.4 Å². The van der Waals surface area contributed by atoms with E-state index in [4.69, 9.17) is 18.5 Å². The van der Waals surface area contributed by atoms with Crippen molar-refractivity contribution in [3.8, 4) is 22.6 Å². The molecule has 0 saturated carbocycles. The van der Waals surface area contributed by atoms with Crippen molar-refractivity contribution in [2.75, 3.05) is 13.2 Å². The fourth-order valence-corrected chi connectivity index (χ4v) is 10.9. The average Bonchev–Trinajstić information content (AvgIpc) is 4.14. The molecule has 11 rings (SSSR count). The number of carbonyl (C=O) groups is 2. The molecule has 1 unspecified atom stereocenters. The van der Waals surface area contributed by atoms with Gasteiger partial charge in [0, 0.05) is 45.7 Å². The third-order valence-corrected chi connectivity index (χ3v) is 14.8. The number of benzene rings is 6. The van der Waals surface area contributed by atoms with Gasteiger partial charge in [-0.1, -0.05) is 84.9 Å². The van der Waals surface area contributed by atoms with Gasteiger partial charge in [0.25, 0.3) is 0 Å². The zero-order chi connectivity index (χ0) is 53.0. The lowest BCUT2D eigenvalue weighted by Gasteiger charge is -2.26. The second kappa shape index (κ2) is 22.3. The van der Waals surface area contributed by atoms with E-state index in [9.17, 15) is 27.8 Å². The minimum absolute atomic E-state index is 0.257. The van der Waals surface area contributed by atoms with Gasteiger partial charge in [-0.05, 0) is 110 Å². The number of hydrogen-bond donors (Lipinski definition) is 3. The largest absolute Gasteiger partial charge is 0.584 e. The first-order chi connectivity index (χ1) is 36.2. The molecule has 8 aromatic rings. The SMILES string of the molecule is CCOC(=O)C1=C(C)NC(c2nccs2)=NC1c1cccc(F)c1C.CCOC(=O)C1=C(C)NC(c2nccs2)=N[C@H]1c1cccc(F)c1C.O=P1(O)Oc2ccc3ccccc3c2-c2c(ccc3ccccc23)O1. The number of rotatable bonds is 8. The second-order valence-electron chi connectivity index (χ2n) is 17.1. The fourth-order valence-electron chi connectivity index (χ4n) is 8.93. The van der Waals surface area contributed by atoms with Gasteiger partial charge < -0.3 is 29.2 Å². The average molecular weight is 1070 g/mol. The Morgan fingerprint density at radius 1 is 0.613 bits per heavy atom. The third-order valence-electron chi connectivity index (χ3n) is 12.4. The lowest BCUT2D eigenvalue weighted by atomic mass is 9.92. The van der Waals surface area contributed by atoms with Crippen molar-refractivity contribution in [3.05, 3.63) is 199 Å². The maximum atomic E-state index is 14.1. The van der Waals surface area contributed by atoms with Crippen molar-refractivity contribution < 1.29 is 46.3 Å².